The fourth-order valence-electron chi connectivity index (χ4n) is 3.17. The second kappa shape index (κ2) is 7.58. The van der Waals surface area contributed by atoms with E-state index in [1.54, 1.807) is 0 Å². The molecule has 0 spiro atoms. The lowest BCUT2D eigenvalue weighted by Gasteiger charge is -2.38. The number of amides is 1. The van der Waals surface area contributed by atoms with Crippen molar-refractivity contribution in [3.63, 3.8) is 0 Å². The van der Waals surface area contributed by atoms with E-state index >= 15 is 0 Å². The SMILES string of the molecule is CC1(CNC2CC(NC(=O)OCc3ccccc3)C2)CCCS1. The van der Waals surface area contributed by atoms with Crippen molar-refractivity contribution in [2.75, 3.05) is 12.3 Å². The van der Waals surface area contributed by atoms with Gasteiger partial charge in [0.05, 0.1) is 0 Å². The van der Waals surface area contributed by atoms with Gasteiger partial charge in [-0.05, 0) is 43.9 Å². The van der Waals surface area contributed by atoms with Crippen molar-refractivity contribution in [1.29, 1.82) is 0 Å². The van der Waals surface area contributed by atoms with Gasteiger partial charge in [0.1, 0.15) is 6.61 Å². The van der Waals surface area contributed by atoms with Gasteiger partial charge in [0, 0.05) is 23.4 Å². The van der Waals surface area contributed by atoms with Crippen LogP contribution in [0.25, 0.3) is 0 Å². The molecular formula is C18H26N2O2S. The van der Waals surface area contributed by atoms with Crippen molar-refractivity contribution >= 4 is 17.9 Å². The number of carbonyl (C=O) groups is 1. The van der Waals surface area contributed by atoms with Crippen LogP contribution >= 0.6 is 11.8 Å². The zero-order chi connectivity index (χ0) is 16.1. The molecule has 1 aliphatic carbocycles. The number of thioether (sulfide) groups is 1. The van der Waals surface area contributed by atoms with Gasteiger partial charge < -0.3 is 15.4 Å². The lowest BCUT2D eigenvalue weighted by atomic mass is 9.86. The van der Waals surface area contributed by atoms with Crippen LogP contribution in [0.15, 0.2) is 30.3 Å². The first-order valence-corrected chi connectivity index (χ1v) is 9.46. The van der Waals surface area contributed by atoms with E-state index in [0.29, 0.717) is 17.4 Å². The molecule has 2 N–H and O–H groups in total. The van der Waals surface area contributed by atoms with E-state index in [0.717, 1.165) is 24.9 Å². The Hall–Kier alpha value is -1.20. The molecule has 1 aromatic carbocycles. The molecule has 1 saturated heterocycles. The zero-order valence-electron chi connectivity index (χ0n) is 13.7. The maximum absolute atomic E-state index is 11.8. The first-order valence-electron chi connectivity index (χ1n) is 8.47. The fourth-order valence-corrected chi connectivity index (χ4v) is 4.43. The van der Waals surface area contributed by atoms with Crippen LogP contribution in [0.5, 0.6) is 0 Å². The zero-order valence-corrected chi connectivity index (χ0v) is 14.5. The highest BCUT2D eigenvalue weighted by molar-refractivity contribution is 8.00. The molecular weight excluding hydrogens is 308 g/mol. The lowest BCUT2D eigenvalue weighted by Crippen LogP contribution is -2.54. The molecule has 1 unspecified atom stereocenters. The summed E-state index contributed by atoms with van der Waals surface area (Å²) in [6.45, 7) is 3.76. The normalized spacial score (nSPS) is 29.8. The van der Waals surface area contributed by atoms with Gasteiger partial charge in [0.15, 0.2) is 0 Å². The number of hydrogen-bond donors (Lipinski definition) is 2. The number of hydrogen-bond acceptors (Lipinski definition) is 4. The third-order valence-corrected chi connectivity index (χ3v) is 6.28. The summed E-state index contributed by atoms with van der Waals surface area (Å²) in [5.41, 5.74) is 1.01. The lowest BCUT2D eigenvalue weighted by molar-refractivity contribution is 0.125. The molecule has 2 fully saturated rings. The summed E-state index contributed by atoms with van der Waals surface area (Å²) in [5, 5.41) is 6.60. The van der Waals surface area contributed by atoms with Gasteiger partial charge in [-0.3, -0.25) is 0 Å². The summed E-state index contributed by atoms with van der Waals surface area (Å²) in [5.74, 6) is 1.29. The Bertz CT molecular complexity index is 511. The summed E-state index contributed by atoms with van der Waals surface area (Å²) in [7, 11) is 0. The van der Waals surface area contributed by atoms with Crippen molar-refractivity contribution in [3.05, 3.63) is 35.9 Å². The molecule has 1 aliphatic heterocycles. The van der Waals surface area contributed by atoms with Gasteiger partial charge in [0.25, 0.3) is 0 Å². The van der Waals surface area contributed by atoms with Gasteiger partial charge in [-0.25, -0.2) is 4.79 Å². The average Bonchev–Trinajstić information content (AvgIpc) is 2.95. The second-order valence-corrected chi connectivity index (χ2v) is 8.54. The van der Waals surface area contributed by atoms with Crippen LogP contribution in [-0.4, -0.2) is 35.2 Å². The Morgan fingerprint density at radius 1 is 1.30 bits per heavy atom. The van der Waals surface area contributed by atoms with Gasteiger partial charge in [-0.15, -0.1) is 0 Å². The van der Waals surface area contributed by atoms with Crippen LogP contribution in [0, 0.1) is 0 Å². The van der Waals surface area contributed by atoms with E-state index in [1.807, 2.05) is 30.3 Å². The molecule has 1 aromatic rings. The minimum atomic E-state index is -0.310. The summed E-state index contributed by atoms with van der Waals surface area (Å²) >= 11 is 2.08. The highest BCUT2D eigenvalue weighted by Crippen LogP contribution is 2.37. The minimum absolute atomic E-state index is 0.250. The van der Waals surface area contributed by atoms with Crippen molar-refractivity contribution < 1.29 is 9.53 Å². The summed E-state index contributed by atoms with van der Waals surface area (Å²) in [6, 6.07) is 10.5. The molecule has 4 nitrogen and oxygen atoms in total. The smallest absolute Gasteiger partial charge is 0.407 e. The summed E-state index contributed by atoms with van der Waals surface area (Å²) in [4.78, 5) is 11.8. The average molecular weight is 334 g/mol. The number of benzene rings is 1. The van der Waals surface area contributed by atoms with Crippen molar-refractivity contribution in [2.45, 2.75) is 56.0 Å². The molecule has 1 amide bonds. The Morgan fingerprint density at radius 2 is 2.09 bits per heavy atom. The summed E-state index contributed by atoms with van der Waals surface area (Å²) < 4.78 is 5.66. The van der Waals surface area contributed by atoms with Crippen LogP contribution in [0.4, 0.5) is 4.79 Å². The number of carbonyl (C=O) groups excluding carboxylic acids is 1. The summed E-state index contributed by atoms with van der Waals surface area (Å²) in [6.07, 6.45) is 4.34. The highest BCUT2D eigenvalue weighted by Gasteiger charge is 2.34. The third-order valence-electron chi connectivity index (χ3n) is 4.74. The van der Waals surface area contributed by atoms with Crippen LogP contribution in [0.2, 0.25) is 0 Å². The molecule has 3 rings (SSSR count). The maximum Gasteiger partial charge on any atom is 0.407 e. The molecule has 2 aliphatic rings. The molecule has 0 radical (unpaired) electrons. The van der Waals surface area contributed by atoms with Crippen LogP contribution in [0.3, 0.4) is 0 Å². The van der Waals surface area contributed by atoms with E-state index in [-0.39, 0.29) is 12.1 Å². The molecule has 23 heavy (non-hydrogen) atoms. The van der Waals surface area contributed by atoms with Gasteiger partial charge in [0.2, 0.25) is 0 Å². The van der Waals surface area contributed by atoms with E-state index in [4.69, 9.17) is 4.74 Å². The maximum atomic E-state index is 11.8. The number of ether oxygens (including phenoxy) is 1. The standard InChI is InChI=1S/C18H26N2O2S/c1-18(8-5-9-23-18)13-19-15-10-16(11-15)20-17(21)22-12-14-6-3-2-4-7-14/h2-4,6-7,15-16,19H,5,8-13H2,1H3,(H,20,21). The highest BCUT2D eigenvalue weighted by atomic mass is 32.2. The van der Waals surface area contributed by atoms with E-state index < -0.39 is 0 Å². The van der Waals surface area contributed by atoms with Crippen LogP contribution < -0.4 is 10.6 Å². The Morgan fingerprint density at radius 3 is 2.78 bits per heavy atom. The minimum Gasteiger partial charge on any atom is -0.445 e. The van der Waals surface area contributed by atoms with Crippen molar-refractivity contribution in [1.82, 2.24) is 10.6 Å². The topological polar surface area (TPSA) is 50.4 Å². The predicted molar refractivity (Wildman–Crippen MR) is 94.7 cm³/mol. The monoisotopic (exact) mass is 334 g/mol. The molecule has 1 atom stereocenters. The number of rotatable bonds is 6. The van der Waals surface area contributed by atoms with E-state index in [9.17, 15) is 4.79 Å². The molecule has 1 saturated carbocycles. The first kappa shape index (κ1) is 16.7. The Labute approximate surface area is 142 Å². The van der Waals surface area contributed by atoms with Crippen LogP contribution in [-0.2, 0) is 11.3 Å². The first-order chi connectivity index (χ1) is 11.1. The van der Waals surface area contributed by atoms with E-state index in [2.05, 4.69) is 29.3 Å². The number of alkyl carbamates (subject to hydrolysis) is 1. The molecule has 1 heterocycles. The molecule has 0 aromatic heterocycles. The number of nitrogens with one attached hydrogen (secondary N) is 2. The van der Waals surface area contributed by atoms with Crippen LogP contribution in [0.1, 0.15) is 38.2 Å². The third kappa shape index (κ3) is 4.88. The second-order valence-electron chi connectivity index (χ2n) is 6.85. The quantitative estimate of drug-likeness (QED) is 0.838. The Balaban J connectivity index is 1.28. The van der Waals surface area contributed by atoms with E-state index in [1.165, 1.54) is 18.6 Å². The van der Waals surface area contributed by atoms with Crippen molar-refractivity contribution in [3.8, 4) is 0 Å². The fraction of sp³-hybridized carbons (Fsp3) is 0.611. The van der Waals surface area contributed by atoms with Crippen molar-refractivity contribution in [2.24, 2.45) is 0 Å². The largest absolute Gasteiger partial charge is 0.445 e. The Kier molecular flexibility index (Phi) is 5.49. The van der Waals surface area contributed by atoms with Gasteiger partial charge in [-0.2, -0.15) is 11.8 Å². The molecule has 5 heteroatoms. The predicted octanol–water partition coefficient (Wildman–Crippen LogP) is 3.32. The molecule has 0 bridgehead atoms. The molecule has 126 valence electrons. The van der Waals surface area contributed by atoms with Gasteiger partial charge >= 0.3 is 6.09 Å². The van der Waals surface area contributed by atoms with Gasteiger partial charge in [-0.1, -0.05) is 30.3 Å².